The van der Waals surface area contributed by atoms with Gasteiger partial charge in [-0.15, -0.1) is 0 Å². The summed E-state index contributed by atoms with van der Waals surface area (Å²) in [5.41, 5.74) is 2.34. The van der Waals surface area contributed by atoms with Crippen LogP contribution in [0.1, 0.15) is 26.3 Å². The molecule has 0 atom stereocenters. The molecule has 2 aromatic carbocycles. The molecule has 0 saturated heterocycles. The second-order valence-corrected chi connectivity index (χ2v) is 7.36. The second-order valence-electron chi connectivity index (χ2n) is 7.36. The smallest absolute Gasteiger partial charge is 0.337 e. The molecular weight excluding hydrogens is 414 g/mol. The number of methoxy groups -OCH3 is 1. The zero-order chi connectivity index (χ0) is 22.8. The Bertz CT molecular complexity index is 1100. The maximum atomic E-state index is 12.6. The lowest BCUT2D eigenvalue weighted by molar-refractivity contribution is -0.136. The van der Waals surface area contributed by atoms with Crippen LogP contribution in [0.5, 0.6) is 0 Å². The van der Waals surface area contributed by atoms with Crippen LogP contribution >= 0.6 is 0 Å². The fourth-order valence-corrected chi connectivity index (χ4v) is 3.75. The third kappa shape index (κ3) is 3.74. The zero-order valence-corrected chi connectivity index (χ0v) is 17.3. The SMILES string of the molecule is COC(=O)C1=C(Nc2ccc(CN3C(=O)c4ccccc4C3=O)cc2)C(=O)N(CCO)C1. The number of imide groups is 1. The molecule has 2 aliphatic rings. The Kier molecular flexibility index (Phi) is 5.74. The molecule has 2 N–H and O–H groups in total. The number of anilines is 1. The number of aliphatic hydroxyl groups is 1. The highest BCUT2D eigenvalue weighted by Crippen LogP contribution is 2.26. The first kappa shape index (κ1) is 21.3. The molecule has 9 heteroatoms. The highest BCUT2D eigenvalue weighted by atomic mass is 16.5. The molecule has 2 aliphatic heterocycles. The topological polar surface area (TPSA) is 116 Å². The number of benzene rings is 2. The number of nitrogens with zero attached hydrogens (tertiary/aromatic N) is 2. The number of amides is 3. The number of esters is 1. The summed E-state index contributed by atoms with van der Waals surface area (Å²) in [6, 6.07) is 13.6. The Morgan fingerprint density at radius 2 is 1.62 bits per heavy atom. The van der Waals surface area contributed by atoms with Crippen molar-refractivity contribution in [3.8, 4) is 0 Å². The minimum Gasteiger partial charge on any atom is -0.466 e. The first-order chi connectivity index (χ1) is 15.4. The van der Waals surface area contributed by atoms with Crippen molar-refractivity contribution in [2.75, 3.05) is 32.1 Å². The lowest BCUT2D eigenvalue weighted by atomic mass is 10.1. The number of carbonyl (C=O) groups excluding carboxylic acids is 4. The highest BCUT2D eigenvalue weighted by Gasteiger charge is 2.36. The monoisotopic (exact) mass is 435 g/mol. The summed E-state index contributed by atoms with van der Waals surface area (Å²) in [6.45, 7) is 0.0435. The molecule has 0 bridgehead atoms. The average molecular weight is 435 g/mol. The van der Waals surface area contributed by atoms with Gasteiger partial charge in [-0.05, 0) is 29.8 Å². The number of fused-ring (bicyclic) bond motifs is 1. The van der Waals surface area contributed by atoms with Gasteiger partial charge in [-0.2, -0.15) is 0 Å². The van der Waals surface area contributed by atoms with Crippen LogP contribution in [0.3, 0.4) is 0 Å². The molecule has 0 unspecified atom stereocenters. The van der Waals surface area contributed by atoms with Crippen molar-refractivity contribution in [2.45, 2.75) is 6.54 Å². The zero-order valence-electron chi connectivity index (χ0n) is 17.3. The van der Waals surface area contributed by atoms with Crippen molar-refractivity contribution < 1.29 is 29.0 Å². The van der Waals surface area contributed by atoms with Crippen LogP contribution in [-0.2, 0) is 20.9 Å². The molecule has 0 spiro atoms. The molecule has 0 radical (unpaired) electrons. The van der Waals surface area contributed by atoms with E-state index in [4.69, 9.17) is 9.84 Å². The molecular formula is C23H21N3O6. The van der Waals surface area contributed by atoms with Crippen LogP contribution in [0.4, 0.5) is 5.69 Å². The Balaban J connectivity index is 1.49. The van der Waals surface area contributed by atoms with E-state index in [9.17, 15) is 19.2 Å². The van der Waals surface area contributed by atoms with Crippen molar-refractivity contribution in [1.82, 2.24) is 9.80 Å². The molecule has 3 amide bonds. The number of hydrogen-bond acceptors (Lipinski definition) is 7. The van der Waals surface area contributed by atoms with Crippen LogP contribution in [0, 0.1) is 0 Å². The van der Waals surface area contributed by atoms with Crippen LogP contribution in [-0.4, -0.2) is 65.4 Å². The van der Waals surface area contributed by atoms with Gasteiger partial charge < -0.3 is 20.1 Å². The van der Waals surface area contributed by atoms with Gasteiger partial charge in [-0.3, -0.25) is 19.3 Å². The van der Waals surface area contributed by atoms with Gasteiger partial charge in [-0.25, -0.2) is 4.79 Å². The number of rotatable bonds is 7. The molecule has 2 heterocycles. The Morgan fingerprint density at radius 3 is 2.19 bits per heavy atom. The van der Waals surface area contributed by atoms with E-state index in [0.717, 1.165) is 5.56 Å². The normalized spacial score (nSPS) is 15.5. The lowest BCUT2D eigenvalue weighted by Crippen LogP contribution is -2.31. The second kappa shape index (κ2) is 8.64. The van der Waals surface area contributed by atoms with Gasteiger partial charge >= 0.3 is 5.97 Å². The first-order valence-electron chi connectivity index (χ1n) is 9.97. The van der Waals surface area contributed by atoms with Crippen molar-refractivity contribution in [1.29, 1.82) is 0 Å². The van der Waals surface area contributed by atoms with E-state index in [2.05, 4.69) is 5.32 Å². The predicted molar refractivity (Wildman–Crippen MR) is 113 cm³/mol. The summed E-state index contributed by atoms with van der Waals surface area (Å²) < 4.78 is 4.77. The van der Waals surface area contributed by atoms with Crippen LogP contribution in [0.15, 0.2) is 59.8 Å². The molecule has 9 nitrogen and oxygen atoms in total. The molecule has 164 valence electrons. The number of carbonyl (C=O) groups is 4. The van der Waals surface area contributed by atoms with Gasteiger partial charge in [0.1, 0.15) is 5.70 Å². The lowest BCUT2D eigenvalue weighted by Gasteiger charge is -2.16. The fraction of sp³-hybridized carbons (Fsp3) is 0.217. The molecule has 0 fully saturated rings. The average Bonchev–Trinajstić information content (AvgIpc) is 3.24. The molecule has 4 rings (SSSR count). The third-order valence-corrected chi connectivity index (χ3v) is 5.40. The number of ether oxygens (including phenoxy) is 1. The summed E-state index contributed by atoms with van der Waals surface area (Å²) >= 11 is 0. The maximum Gasteiger partial charge on any atom is 0.337 e. The maximum absolute atomic E-state index is 12.6. The van der Waals surface area contributed by atoms with Crippen molar-refractivity contribution in [3.05, 3.63) is 76.5 Å². The summed E-state index contributed by atoms with van der Waals surface area (Å²) in [4.78, 5) is 52.3. The van der Waals surface area contributed by atoms with Gasteiger partial charge in [-0.1, -0.05) is 24.3 Å². The van der Waals surface area contributed by atoms with Gasteiger partial charge in [0.05, 0.1) is 43.5 Å². The Labute approximate surface area is 183 Å². The van der Waals surface area contributed by atoms with E-state index in [1.165, 1.54) is 16.9 Å². The van der Waals surface area contributed by atoms with Crippen LogP contribution in [0.25, 0.3) is 0 Å². The largest absolute Gasteiger partial charge is 0.466 e. The molecule has 2 aromatic rings. The predicted octanol–water partition coefficient (Wildman–Crippen LogP) is 1.16. The summed E-state index contributed by atoms with van der Waals surface area (Å²) in [5, 5.41) is 12.1. The third-order valence-electron chi connectivity index (χ3n) is 5.40. The van der Waals surface area contributed by atoms with Crippen molar-refractivity contribution in [2.24, 2.45) is 0 Å². The van der Waals surface area contributed by atoms with Gasteiger partial charge in [0.2, 0.25) is 0 Å². The summed E-state index contributed by atoms with van der Waals surface area (Å²) in [7, 11) is 1.24. The van der Waals surface area contributed by atoms with Gasteiger partial charge in [0.15, 0.2) is 0 Å². The van der Waals surface area contributed by atoms with E-state index >= 15 is 0 Å². The van der Waals surface area contributed by atoms with Gasteiger partial charge in [0, 0.05) is 12.2 Å². The van der Waals surface area contributed by atoms with Crippen LogP contribution < -0.4 is 5.32 Å². The summed E-state index contributed by atoms with van der Waals surface area (Å²) in [5.74, 6) is -1.69. The molecule has 0 aromatic heterocycles. The van der Waals surface area contributed by atoms with E-state index in [1.807, 2.05) is 0 Å². The standard InChI is InChI=1S/C23H21N3O6/c1-32-23(31)18-13-25(10-11-27)22(30)19(18)24-15-8-6-14(7-9-15)12-26-20(28)16-4-2-3-5-17(16)21(26)29/h2-9,24,27H,10-13H2,1H3. The van der Waals surface area contributed by atoms with E-state index in [0.29, 0.717) is 16.8 Å². The Hall–Kier alpha value is -3.98. The minimum absolute atomic E-state index is 0.0478. The Morgan fingerprint density at radius 1 is 1.00 bits per heavy atom. The number of nitrogens with one attached hydrogen (secondary N) is 1. The van der Waals surface area contributed by atoms with Gasteiger partial charge in [0.25, 0.3) is 17.7 Å². The van der Waals surface area contributed by atoms with Crippen LogP contribution in [0.2, 0.25) is 0 Å². The summed E-state index contributed by atoms with van der Waals surface area (Å²) in [6.07, 6.45) is 0. The number of β-amino-alcohol motifs (C(OH)–C–C–N with tert-alkyl or cyclic N) is 1. The minimum atomic E-state index is -0.622. The number of hydrogen-bond donors (Lipinski definition) is 2. The first-order valence-corrected chi connectivity index (χ1v) is 9.97. The molecule has 32 heavy (non-hydrogen) atoms. The van der Waals surface area contributed by atoms with Crippen molar-refractivity contribution in [3.63, 3.8) is 0 Å². The quantitative estimate of drug-likeness (QED) is 0.495. The fourth-order valence-electron chi connectivity index (χ4n) is 3.75. The highest BCUT2D eigenvalue weighted by molar-refractivity contribution is 6.21. The number of aliphatic hydroxyl groups excluding tert-OH is 1. The molecule has 0 saturated carbocycles. The van der Waals surface area contributed by atoms with E-state index < -0.39 is 11.9 Å². The van der Waals surface area contributed by atoms with E-state index in [1.54, 1.807) is 48.5 Å². The van der Waals surface area contributed by atoms with E-state index in [-0.39, 0.29) is 49.3 Å². The van der Waals surface area contributed by atoms with Crippen molar-refractivity contribution >= 4 is 29.4 Å². The molecule has 0 aliphatic carbocycles.